The number of hydrogen-bond acceptors (Lipinski definition) is 5. The van der Waals surface area contributed by atoms with Crippen molar-refractivity contribution in [2.45, 2.75) is 65.0 Å². The second kappa shape index (κ2) is 10.4. The van der Waals surface area contributed by atoms with Crippen molar-refractivity contribution in [3.8, 4) is 0 Å². The number of nitrogens with zero attached hydrogens (tertiary/aromatic N) is 5. The first kappa shape index (κ1) is 23.9. The van der Waals surface area contributed by atoms with Crippen molar-refractivity contribution in [1.29, 1.82) is 0 Å². The van der Waals surface area contributed by atoms with Crippen LogP contribution in [0.3, 0.4) is 0 Å². The van der Waals surface area contributed by atoms with Gasteiger partial charge < -0.3 is 9.80 Å². The Kier molecular flexibility index (Phi) is 7.14. The summed E-state index contributed by atoms with van der Waals surface area (Å²) in [4.78, 5) is 40.6. The van der Waals surface area contributed by atoms with Gasteiger partial charge in [-0.1, -0.05) is 24.3 Å². The number of carbonyl (C=O) groups is 2. The normalized spacial score (nSPS) is 20.1. The molecule has 0 unspecified atom stereocenters. The smallest absolute Gasteiger partial charge is 0.272 e. The van der Waals surface area contributed by atoms with E-state index in [1.165, 1.54) is 11.1 Å². The van der Waals surface area contributed by atoms with Crippen molar-refractivity contribution in [2.24, 2.45) is 5.92 Å². The van der Waals surface area contributed by atoms with Gasteiger partial charge in [0, 0.05) is 57.9 Å². The van der Waals surface area contributed by atoms with E-state index in [2.05, 4.69) is 39.1 Å². The number of benzene rings is 1. The molecule has 3 aliphatic rings. The van der Waals surface area contributed by atoms with E-state index in [4.69, 9.17) is 0 Å². The van der Waals surface area contributed by atoms with E-state index in [0.717, 1.165) is 83.5 Å². The second-order valence-electron chi connectivity index (χ2n) is 10.5. The molecule has 3 aliphatic heterocycles. The molecule has 0 saturated carbocycles. The van der Waals surface area contributed by atoms with Crippen LogP contribution in [-0.2, 0) is 24.2 Å². The topological polar surface area (TPSA) is 69.6 Å². The first-order chi connectivity index (χ1) is 17.0. The van der Waals surface area contributed by atoms with Gasteiger partial charge in [0.05, 0.1) is 0 Å². The summed E-state index contributed by atoms with van der Waals surface area (Å²) in [6.07, 6.45) is 5.96. The van der Waals surface area contributed by atoms with Crippen LogP contribution in [0.2, 0.25) is 0 Å². The summed E-state index contributed by atoms with van der Waals surface area (Å²) in [5.74, 6) is 1.34. The largest absolute Gasteiger partial charge is 0.343 e. The highest BCUT2D eigenvalue weighted by atomic mass is 16.2. The van der Waals surface area contributed by atoms with Crippen LogP contribution in [0.15, 0.2) is 30.3 Å². The molecule has 0 atom stereocenters. The minimum absolute atomic E-state index is 0.0330. The number of rotatable bonds is 4. The molecule has 4 heterocycles. The van der Waals surface area contributed by atoms with Gasteiger partial charge in [-0.25, -0.2) is 9.97 Å². The summed E-state index contributed by atoms with van der Waals surface area (Å²) in [5, 5.41) is 0. The molecule has 2 aromatic rings. The number of aryl methyl sites for hydroxylation is 1. The number of hydrogen-bond donors (Lipinski definition) is 0. The highest BCUT2D eigenvalue weighted by molar-refractivity contribution is 5.92. The summed E-state index contributed by atoms with van der Waals surface area (Å²) in [5.41, 5.74) is 4.41. The molecular weight excluding hydrogens is 438 g/mol. The van der Waals surface area contributed by atoms with Crippen LogP contribution in [-0.4, -0.2) is 75.2 Å². The fraction of sp³-hybridized carbons (Fsp3) is 0.571. The highest BCUT2D eigenvalue weighted by Gasteiger charge is 2.30. The van der Waals surface area contributed by atoms with Crippen LogP contribution >= 0.6 is 0 Å². The van der Waals surface area contributed by atoms with Gasteiger partial charge in [-0.2, -0.15) is 0 Å². The van der Waals surface area contributed by atoms with E-state index in [1.807, 2.05) is 22.8 Å². The lowest BCUT2D eigenvalue weighted by molar-refractivity contribution is -0.130. The molecule has 7 heteroatoms. The Hall–Kier alpha value is -2.80. The first-order valence-electron chi connectivity index (χ1n) is 13.2. The molecule has 35 heavy (non-hydrogen) atoms. The van der Waals surface area contributed by atoms with Crippen molar-refractivity contribution in [3.63, 3.8) is 0 Å². The lowest BCUT2D eigenvalue weighted by Crippen LogP contribution is -2.48. The Balaban J connectivity index is 1.17. The number of piperidine rings is 2. The summed E-state index contributed by atoms with van der Waals surface area (Å²) in [7, 11) is 0. The summed E-state index contributed by atoms with van der Waals surface area (Å²) < 4.78 is 0. The molecule has 186 valence electrons. The second-order valence-corrected chi connectivity index (χ2v) is 10.5. The molecule has 0 radical (unpaired) electrons. The summed E-state index contributed by atoms with van der Waals surface area (Å²) >= 11 is 0. The quantitative estimate of drug-likeness (QED) is 0.679. The van der Waals surface area contributed by atoms with Crippen molar-refractivity contribution >= 4 is 11.8 Å². The van der Waals surface area contributed by atoms with E-state index >= 15 is 0 Å². The van der Waals surface area contributed by atoms with E-state index in [1.54, 1.807) is 6.92 Å². The lowest BCUT2D eigenvalue weighted by atomic mass is 9.92. The SMILES string of the molecule is CC(=O)N1CCC(Cc2cc(C(=O)N3CCC(N4CCc5ccccc5C4)CC3)nc(C)n2)CC1. The van der Waals surface area contributed by atoms with Crippen LogP contribution in [0.1, 0.15) is 65.7 Å². The predicted molar refractivity (Wildman–Crippen MR) is 135 cm³/mol. The number of fused-ring (bicyclic) bond motifs is 1. The van der Waals surface area contributed by atoms with Crippen molar-refractivity contribution in [1.82, 2.24) is 24.7 Å². The molecule has 7 nitrogen and oxygen atoms in total. The molecule has 2 saturated heterocycles. The molecule has 0 spiro atoms. The molecular formula is C28H37N5O2. The van der Waals surface area contributed by atoms with Crippen LogP contribution < -0.4 is 0 Å². The highest BCUT2D eigenvalue weighted by Crippen LogP contribution is 2.26. The number of carbonyl (C=O) groups excluding carboxylic acids is 2. The Morgan fingerprint density at radius 1 is 0.914 bits per heavy atom. The fourth-order valence-corrected chi connectivity index (χ4v) is 6.02. The van der Waals surface area contributed by atoms with Crippen LogP contribution in [0, 0.1) is 12.8 Å². The van der Waals surface area contributed by atoms with Gasteiger partial charge in [0.25, 0.3) is 5.91 Å². The fourth-order valence-electron chi connectivity index (χ4n) is 6.02. The zero-order chi connectivity index (χ0) is 24.4. The van der Waals surface area contributed by atoms with E-state index < -0.39 is 0 Å². The third-order valence-corrected chi connectivity index (χ3v) is 8.10. The van der Waals surface area contributed by atoms with Crippen LogP contribution in [0.5, 0.6) is 0 Å². The maximum Gasteiger partial charge on any atom is 0.272 e. The number of amides is 2. The van der Waals surface area contributed by atoms with Gasteiger partial charge in [0.2, 0.25) is 5.91 Å². The van der Waals surface area contributed by atoms with E-state index in [9.17, 15) is 9.59 Å². The van der Waals surface area contributed by atoms with Gasteiger partial charge in [0.15, 0.2) is 0 Å². The van der Waals surface area contributed by atoms with Gasteiger partial charge >= 0.3 is 0 Å². The standard InChI is InChI=1S/C28H37N5O2/c1-20-29-25(17-22-7-12-31(13-8-22)21(2)34)18-27(30-20)28(35)32-15-10-26(11-16-32)33-14-9-23-5-3-4-6-24(23)19-33/h3-6,18,22,26H,7-17,19H2,1-2H3. The van der Waals surface area contributed by atoms with Gasteiger partial charge in [-0.3, -0.25) is 14.5 Å². The lowest BCUT2D eigenvalue weighted by Gasteiger charge is -2.40. The Morgan fingerprint density at radius 2 is 1.60 bits per heavy atom. The summed E-state index contributed by atoms with van der Waals surface area (Å²) in [6, 6.07) is 11.2. The van der Waals surface area contributed by atoms with Crippen LogP contribution in [0.4, 0.5) is 0 Å². The van der Waals surface area contributed by atoms with Crippen molar-refractivity contribution in [3.05, 3.63) is 58.7 Å². The molecule has 2 amide bonds. The third kappa shape index (κ3) is 5.56. The maximum absolute atomic E-state index is 13.3. The van der Waals surface area contributed by atoms with Gasteiger partial charge in [0.1, 0.15) is 11.5 Å². The Labute approximate surface area is 208 Å². The van der Waals surface area contributed by atoms with Gasteiger partial charge in [-0.15, -0.1) is 0 Å². The summed E-state index contributed by atoms with van der Waals surface area (Å²) in [6.45, 7) is 8.83. The molecule has 5 rings (SSSR count). The molecule has 0 N–H and O–H groups in total. The minimum Gasteiger partial charge on any atom is -0.343 e. The zero-order valence-electron chi connectivity index (χ0n) is 21.1. The Morgan fingerprint density at radius 3 is 2.31 bits per heavy atom. The van der Waals surface area contributed by atoms with E-state index in [-0.39, 0.29) is 11.8 Å². The van der Waals surface area contributed by atoms with Crippen molar-refractivity contribution < 1.29 is 9.59 Å². The Bertz CT molecular complexity index is 1070. The molecule has 1 aromatic heterocycles. The minimum atomic E-state index is 0.0330. The predicted octanol–water partition coefficient (Wildman–Crippen LogP) is 3.25. The monoisotopic (exact) mass is 475 g/mol. The van der Waals surface area contributed by atoms with Gasteiger partial charge in [-0.05, 0) is 68.6 Å². The number of aromatic nitrogens is 2. The molecule has 1 aromatic carbocycles. The van der Waals surface area contributed by atoms with Crippen molar-refractivity contribution in [2.75, 3.05) is 32.7 Å². The molecule has 0 bridgehead atoms. The average Bonchev–Trinajstić information content (AvgIpc) is 2.88. The van der Waals surface area contributed by atoms with E-state index in [0.29, 0.717) is 23.5 Å². The third-order valence-electron chi connectivity index (χ3n) is 8.10. The maximum atomic E-state index is 13.3. The zero-order valence-corrected chi connectivity index (χ0v) is 21.1. The molecule has 0 aliphatic carbocycles. The molecule has 2 fully saturated rings. The van der Waals surface area contributed by atoms with Crippen LogP contribution in [0.25, 0.3) is 0 Å². The average molecular weight is 476 g/mol. The number of likely N-dealkylation sites (tertiary alicyclic amines) is 2. The first-order valence-corrected chi connectivity index (χ1v) is 13.2.